The van der Waals surface area contributed by atoms with E-state index in [0.717, 1.165) is 5.56 Å². The minimum absolute atomic E-state index is 0.123. The van der Waals surface area contributed by atoms with Gasteiger partial charge in [0.15, 0.2) is 10.9 Å². The van der Waals surface area contributed by atoms with Gasteiger partial charge in [-0.3, -0.25) is 9.69 Å². The number of carboxylic acid groups (broad SMARTS) is 1. The summed E-state index contributed by atoms with van der Waals surface area (Å²) in [6, 6.07) is 21.9. The number of methoxy groups -OCH3 is 1. The van der Waals surface area contributed by atoms with Crippen LogP contribution in [0, 0.1) is 0 Å². The van der Waals surface area contributed by atoms with Crippen LogP contribution < -0.4 is 9.47 Å². The maximum atomic E-state index is 13.7. The number of amidine groups is 1. The Morgan fingerprint density at radius 2 is 1.61 bits per heavy atom. The minimum Gasteiger partial charge on any atom is -0.497 e. The molecule has 0 bridgehead atoms. The van der Waals surface area contributed by atoms with Gasteiger partial charge in [-0.05, 0) is 89.6 Å². The van der Waals surface area contributed by atoms with Crippen LogP contribution in [-0.2, 0) is 17.9 Å². The van der Waals surface area contributed by atoms with E-state index in [4.69, 9.17) is 60.9 Å². The molecule has 224 valence electrons. The maximum absolute atomic E-state index is 13.7. The molecule has 0 aliphatic carbocycles. The monoisotopic (exact) mass is 686 g/mol. The lowest BCUT2D eigenvalue weighted by Gasteiger charge is -2.16. The molecule has 4 aromatic carbocycles. The second-order valence-electron chi connectivity index (χ2n) is 9.43. The van der Waals surface area contributed by atoms with Crippen LogP contribution in [0.5, 0.6) is 11.5 Å². The molecule has 4 aromatic rings. The average molecular weight is 688 g/mol. The van der Waals surface area contributed by atoms with Crippen LogP contribution in [0.25, 0.3) is 6.08 Å². The second kappa shape index (κ2) is 14.0. The van der Waals surface area contributed by atoms with Crippen molar-refractivity contribution < 1.29 is 24.2 Å². The summed E-state index contributed by atoms with van der Waals surface area (Å²) < 4.78 is 11.1. The Kier molecular flexibility index (Phi) is 10.1. The van der Waals surface area contributed by atoms with Gasteiger partial charge >= 0.3 is 5.97 Å². The summed E-state index contributed by atoms with van der Waals surface area (Å²) in [6.07, 6.45) is 1.68. The number of rotatable bonds is 9. The van der Waals surface area contributed by atoms with Gasteiger partial charge in [-0.25, -0.2) is 9.79 Å². The summed E-state index contributed by atoms with van der Waals surface area (Å²) in [4.78, 5) is 31.6. The van der Waals surface area contributed by atoms with E-state index in [-0.39, 0.29) is 40.4 Å². The number of carbonyl (C=O) groups excluding carboxylic acids is 1. The SMILES string of the molecule is COc1ccc(N=C2S/C(=C\c3cc(Cl)c(OCc4ccc(Cl)cc4Cl)c(Cl)c3)C(=O)N2Cc2ccc(C(=O)O)cc2)cc1. The van der Waals surface area contributed by atoms with Crippen molar-refractivity contribution in [2.24, 2.45) is 4.99 Å². The predicted molar refractivity (Wildman–Crippen MR) is 177 cm³/mol. The smallest absolute Gasteiger partial charge is 0.335 e. The molecule has 1 aliphatic heterocycles. The largest absolute Gasteiger partial charge is 0.497 e. The standard InChI is InChI=1S/C32H22Cl4N2O5S/c1-42-24-10-8-23(9-11-24)37-32-38(16-18-2-4-20(5-3-18)31(40)41)30(39)28(44-32)14-19-12-26(35)29(27(36)13-19)43-17-21-6-7-22(33)15-25(21)34/h2-15H,16-17H2,1H3,(H,40,41)/b28-14-,37-32?. The van der Waals surface area contributed by atoms with Gasteiger partial charge in [-0.1, -0.05) is 64.6 Å². The zero-order chi connectivity index (χ0) is 31.4. The molecule has 5 rings (SSSR count). The van der Waals surface area contributed by atoms with Crippen molar-refractivity contribution >= 4 is 87.0 Å². The van der Waals surface area contributed by atoms with E-state index in [0.29, 0.717) is 42.7 Å². The van der Waals surface area contributed by atoms with Crippen molar-refractivity contribution in [1.82, 2.24) is 4.90 Å². The molecular weight excluding hydrogens is 666 g/mol. The molecule has 1 N–H and O–H groups in total. The lowest BCUT2D eigenvalue weighted by atomic mass is 10.1. The molecule has 0 radical (unpaired) electrons. The van der Waals surface area contributed by atoms with Crippen LogP contribution in [0.1, 0.15) is 27.0 Å². The third-order valence-electron chi connectivity index (χ3n) is 6.43. The van der Waals surface area contributed by atoms with E-state index in [1.807, 2.05) is 0 Å². The molecule has 12 heteroatoms. The highest BCUT2D eigenvalue weighted by Crippen LogP contribution is 2.39. The van der Waals surface area contributed by atoms with Crippen LogP contribution >= 0.6 is 58.2 Å². The fourth-order valence-electron chi connectivity index (χ4n) is 4.17. The number of carbonyl (C=O) groups is 2. The first-order chi connectivity index (χ1) is 21.1. The van der Waals surface area contributed by atoms with E-state index in [9.17, 15) is 14.7 Å². The zero-order valence-corrected chi connectivity index (χ0v) is 26.7. The van der Waals surface area contributed by atoms with E-state index >= 15 is 0 Å². The molecule has 7 nitrogen and oxygen atoms in total. The van der Waals surface area contributed by atoms with Gasteiger partial charge in [0, 0.05) is 15.6 Å². The normalized spacial score (nSPS) is 14.8. The third-order valence-corrected chi connectivity index (χ3v) is 8.59. The number of ether oxygens (including phenoxy) is 2. The molecule has 1 aliphatic rings. The van der Waals surface area contributed by atoms with Crippen molar-refractivity contribution in [2.45, 2.75) is 13.2 Å². The fraction of sp³-hybridized carbons (Fsp3) is 0.0938. The second-order valence-corrected chi connectivity index (χ2v) is 12.1. The first kappa shape index (κ1) is 31.8. The molecule has 0 unspecified atom stereocenters. The van der Waals surface area contributed by atoms with Crippen molar-refractivity contribution in [1.29, 1.82) is 0 Å². The summed E-state index contributed by atoms with van der Waals surface area (Å²) in [7, 11) is 1.58. The summed E-state index contributed by atoms with van der Waals surface area (Å²) in [6.45, 7) is 0.303. The lowest BCUT2D eigenvalue weighted by Crippen LogP contribution is -2.28. The number of halogens is 4. The van der Waals surface area contributed by atoms with Gasteiger partial charge in [0.05, 0.1) is 39.9 Å². The summed E-state index contributed by atoms with van der Waals surface area (Å²) in [5, 5.41) is 11.2. The Hall–Kier alpha value is -3.66. The predicted octanol–water partition coefficient (Wildman–Crippen LogP) is 9.39. The van der Waals surface area contributed by atoms with Crippen molar-refractivity contribution in [3.05, 3.63) is 126 Å². The molecular formula is C32H22Cl4N2O5S. The van der Waals surface area contributed by atoms with Gasteiger partial charge in [0.25, 0.3) is 5.91 Å². The molecule has 1 saturated heterocycles. The molecule has 0 saturated carbocycles. The first-order valence-corrected chi connectivity index (χ1v) is 15.3. The van der Waals surface area contributed by atoms with Crippen LogP contribution in [0.15, 0.2) is 88.8 Å². The average Bonchev–Trinajstić information content (AvgIpc) is 3.27. The number of thioether (sulfide) groups is 1. The highest BCUT2D eigenvalue weighted by Gasteiger charge is 2.33. The Morgan fingerprint density at radius 1 is 0.932 bits per heavy atom. The Morgan fingerprint density at radius 3 is 2.23 bits per heavy atom. The number of nitrogens with zero attached hydrogens (tertiary/aromatic N) is 2. The number of hydrogen-bond acceptors (Lipinski definition) is 6. The number of carboxylic acids is 1. The van der Waals surface area contributed by atoms with E-state index in [1.165, 1.54) is 28.8 Å². The molecule has 1 heterocycles. The van der Waals surface area contributed by atoms with Crippen LogP contribution in [0.3, 0.4) is 0 Å². The number of hydrogen-bond donors (Lipinski definition) is 1. The lowest BCUT2D eigenvalue weighted by molar-refractivity contribution is -0.122. The molecule has 1 fully saturated rings. The summed E-state index contributed by atoms with van der Waals surface area (Å²) in [5.74, 6) is -0.356. The van der Waals surface area contributed by atoms with Gasteiger partial charge in [-0.2, -0.15) is 0 Å². The van der Waals surface area contributed by atoms with Gasteiger partial charge in [0.1, 0.15) is 12.4 Å². The van der Waals surface area contributed by atoms with Crippen molar-refractivity contribution in [3.8, 4) is 11.5 Å². The molecule has 0 spiro atoms. The molecule has 0 aromatic heterocycles. The topological polar surface area (TPSA) is 88.4 Å². The number of aliphatic imine (C=N–C) groups is 1. The zero-order valence-electron chi connectivity index (χ0n) is 22.9. The Balaban J connectivity index is 1.42. The van der Waals surface area contributed by atoms with E-state index in [1.54, 1.807) is 79.9 Å². The number of amides is 1. The number of aromatic carboxylic acids is 1. The Labute approximate surface area is 277 Å². The van der Waals surface area contributed by atoms with Crippen molar-refractivity contribution in [3.63, 3.8) is 0 Å². The maximum Gasteiger partial charge on any atom is 0.335 e. The van der Waals surface area contributed by atoms with Crippen molar-refractivity contribution in [2.75, 3.05) is 7.11 Å². The molecule has 0 atom stereocenters. The van der Waals surface area contributed by atoms with Crippen LogP contribution in [0.4, 0.5) is 5.69 Å². The molecule has 44 heavy (non-hydrogen) atoms. The fourth-order valence-corrected chi connectivity index (χ4v) is 6.25. The van der Waals surface area contributed by atoms with E-state index in [2.05, 4.69) is 0 Å². The Bertz CT molecular complexity index is 1770. The number of benzene rings is 4. The summed E-state index contributed by atoms with van der Waals surface area (Å²) in [5.41, 5.74) is 2.82. The third kappa shape index (κ3) is 7.52. The highest BCUT2D eigenvalue weighted by atomic mass is 35.5. The van der Waals surface area contributed by atoms with Crippen LogP contribution in [-0.4, -0.2) is 34.2 Å². The molecule has 1 amide bonds. The first-order valence-electron chi connectivity index (χ1n) is 12.9. The quantitative estimate of drug-likeness (QED) is 0.176. The van der Waals surface area contributed by atoms with Crippen LogP contribution in [0.2, 0.25) is 20.1 Å². The van der Waals surface area contributed by atoms with E-state index < -0.39 is 5.97 Å². The minimum atomic E-state index is -1.03. The summed E-state index contributed by atoms with van der Waals surface area (Å²) >= 11 is 26.5. The van der Waals surface area contributed by atoms with Gasteiger partial charge in [0.2, 0.25) is 0 Å². The van der Waals surface area contributed by atoms with Gasteiger partial charge < -0.3 is 14.6 Å². The highest BCUT2D eigenvalue weighted by molar-refractivity contribution is 8.18. The van der Waals surface area contributed by atoms with Gasteiger partial charge in [-0.15, -0.1) is 0 Å².